The van der Waals surface area contributed by atoms with Crippen molar-refractivity contribution in [1.29, 1.82) is 0 Å². The fourth-order valence-electron chi connectivity index (χ4n) is 3.60. The van der Waals surface area contributed by atoms with Gasteiger partial charge in [-0.25, -0.2) is 0 Å². The molecule has 0 radical (unpaired) electrons. The first-order valence-electron chi connectivity index (χ1n) is 9.48. The van der Waals surface area contributed by atoms with Gasteiger partial charge in [-0.1, -0.05) is 83.4 Å². The van der Waals surface area contributed by atoms with Crippen LogP contribution in [0, 0.1) is 0 Å². The summed E-state index contributed by atoms with van der Waals surface area (Å²) in [7, 11) is 0. The van der Waals surface area contributed by atoms with Gasteiger partial charge in [0.1, 0.15) is 0 Å². The fraction of sp³-hybridized carbons (Fsp3) is 0. The van der Waals surface area contributed by atoms with Gasteiger partial charge in [-0.15, -0.1) is 0 Å². The van der Waals surface area contributed by atoms with Gasteiger partial charge in [-0.05, 0) is 48.5 Å². The number of carbonyl (C=O) groups is 1. The van der Waals surface area contributed by atoms with Crippen LogP contribution in [-0.4, -0.2) is 5.78 Å². The predicted molar refractivity (Wildman–Crippen MR) is 126 cm³/mol. The molecule has 0 N–H and O–H groups in total. The number of hydrogen-bond acceptors (Lipinski definition) is 5. The Kier molecular flexibility index (Phi) is 4.72. The fourth-order valence-corrected chi connectivity index (χ4v) is 8.35. The Morgan fingerprint density at radius 1 is 0.433 bits per heavy atom. The van der Waals surface area contributed by atoms with E-state index in [1.54, 1.807) is 47.0 Å². The minimum Gasteiger partial charge on any atom is -0.289 e. The van der Waals surface area contributed by atoms with E-state index >= 15 is 0 Å². The van der Waals surface area contributed by atoms with E-state index in [2.05, 4.69) is 60.7 Å². The predicted octanol–water partition coefficient (Wildman–Crippen LogP) is 8.15. The number of rotatable bonds is 2. The van der Waals surface area contributed by atoms with Crippen molar-refractivity contribution in [3.8, 4) is 0 Å². The molecule has 0 spiro atoms. The molecule has 0 aliphatic carbocycles. The van der Waals surface area contributed by atoms with Crippen LogP contribution in [0.5, 0.6) is 0 Å². The maximum atomic E-state index is 13.8. The van der Waals surface area contributed by atoms with Crippen LogP contribution in [0.3, 0.4) is 0 Å². The average Bonchev–Trinajstić information content (AvgIpc) is 2.80. The molecular weight excluding hydrogens is 445 g/mol. The summed E-state index contributed by atoms with van der Waals surface area (Å²) >= 11 is 6.90. The van der Waals surface area contributed by atoms with Crippen LogP contribution < -0.4 is 0 Å². The van der Waals surface area contributed by atoms with Crippen LogP contribution in [-0.2, 0) is 0 Å². The smallest absolute Gasteiger partial charge is 0.195 e. The third-order valence-electron chi connectivity index (χ3n) is 5.01. The van der Waals surface area contributed by atoms with Gasteiger partial charge in [0.2, 0.25) is 0 Å². The highest BCUT2D eigenvalue weighted by Gasteiger charge is 2.27. The molecule has 2 aliphatic rings. The molecule has 0 bridgehead atoms. The largest absolute Gasteiger partial charge is 0.289 e. The maximum absolute atomic E-state index is 13.8. The Bertz CT molecular complexity index is 1230. The summed E-state index contributed by atoms with van der Waals surface area (Å²) in [6.45, 7) is 0. The van der Waals surface area contributed by atoms with Gasteiger partial charge in [0.25, 0.3) is 0 Å². The number of carbonyl (C=O) groups excluding carboxylic acids is 1. The monoisotopic (exact) mass is 458 g/mol. The first kappa shape index (κ1) is 18.7. The molecular formula is C25H14OS4. The molecule has 4 aromatic rings. The second-order valence-corrected chi connectivity index (χ2v) is 11.2. The van der Waals surface area contributed by atoms with Crippen LogP contribution in [0.15, 0.2) is 124 Å². The average molecular weight is 459 g/mol. The summed E-state index contributed by atoms with van der Waals surface area (Å²) in [5.74, 6) is 0.101. The van der Waals surface area contributed by atoms with Crippen LogP contribution >= 0.6 is 47.0 Å². The second kappa shape index (κ2) is 7.57. The molecule has 0 saturated heterocycles. The van der Waals surface area contributed by atoms with Crippen molar-refractivity contribution in [1.82, 2.24) is 0 Å². The molecule has 4 aromatic carbocycles. The van der Waals surface area contributed by atoms with E-state index < -0.39 is 0 Å². The quantitative estimate of drug-likeness (QED) is 0.243. The third kappa shape index (κ3) is 3.12. The zero-order valence-electron chi connectivity index (χ0n) is 15.6. The molecule has 2 aliphatic heterocycles. The Morgan fingerprint density at radius 2 is 0.800 bits per heavy atom. The first-order valence-corrected chi connectivity index (χ1v) is 12.7. The summed E-state index contributed by atoms with van der Waals surface area (Å²) in [6, 6.07) is 28.9. The van der Waals surface area contributed by atoms with Gasteiger partial charge < -0.3 is 0 Å². The Morgan fingerprint density at radius 3 is 1.23 bits per heavy atom. The van der Waals surface area contributed by atoms with E-state index in [9.17, 15) is 4.79 Å². The third-order valence-corrected chi connectivity index (χ3v) is 10.2. The van der Waals surface area contributed by atoms with Crippen LogP contribution in [0.25, 0.3) is 0 Å². The zero-order valence-corrected chi connectivity index (χ0v) is 18.9. The highest BCUT2D eigenvalue weighted by atomic mass is 32.2. The minimum absolute atomic E-state index is 0.101. The topological polar surface area (TPSA) is 17.1 Å². The van der Waals surface area contributed by atoms with Crippen molar-refractivity contribution in [2.24, 2.45) is 0 Å². The number of hydrogen-bond donors (Lipinski definition) is 0. The van der Waals surface area contributed by atoms with Crippen LogP contribution in [0.1, 0.15) is 15.9 Å². The maximum Gasteiger partial charge on any atom is 0.195 e. The van der Waals surface area contributed by atoms with Crippen LogP contribution in [0.2, 0.25) is 0 Å². The number of ketones is 1. The lowest BCUT2D eigenvalue weighted by atomic mass is 10.0. The van der Waals surface area contributed by atoms with Crippen molar-refractivity contribution in [3.63, 3.8) is 0 Å². The molecule has 144 valence electrons. The molecule has 5 heteroatoms. The molecule has 0 unspecified atom stereocenters. The van der Waals surface area contributed by atoms with Crippen molar-refractivity contribution < 1.29 is 4.79 Å². The minimum atomic E-state index is 0.101. The van der Waals surface area contributed by atoms with Gasteiger partial charge in [0, 0.05) is 50.3 Å². The van der Waals surface area contributed by atoms with Crippen molar-refractivity contribution in [3.05, 3.63) is 96.1 Å². The van der Waals surface area contributed by atoms with Crippen molar-refractivity contribution in [2.45, 2.75) is 39.2 Å². The van der Waals surface area contributed by atoms with E-state index in [1.807, 2.05) is 24.3 Å². The van der Waals surface area contributed by atoms with Crippen molar-refractivity contribution in [2.75, 3.05) is 0 Å². The van der Waals surface area contributed by atoms with Crippen LogP contribution in [0.4, 0.5) is 0 Å². The lowest BCUT2D eigenvalue weighted by Gasteiger charge is -2.22. The lowest BCUT2D eigenvalue weighted by molar-refractivity contribution is 0.103. The summed E-state index contributed by atoms with van der Waals surface area (Å²) in [5, 5.41) is 0. The second-order valence-electron chi connectivity index (χ2n) is 6.90. The molecule has 0 amide bonds. The normalized spacial score (nSPS) is 13.6. The van der Waals surface area contributed by atoms with Gasteiger partial charge in [0.15, 0.2) is 5.78 Å². The molecule has 6 rings (SSSR count). The summed E-state index contributed by atoms with van der Waals surface area (Å²) in [4.78, 5) is 23.1. The number of benzene rings is 4. The molecule has 0 saturated carbocycles. The summed E-state index contributed by atoms with van der Waals surface area (Å²) < 4.78 is 0. The lowest BCUT2D eigenvalue weighted by Crippen LogP contribution is -2.08. The van der Waals surface area contributed by atoms with Crippen molar-refractivity contribution >= 4 is 52.8 Å². The Hall–Kier alpha value is -2.05. The molecule has 0 atom stereocenters. The molecule has 2 heterocycles. The molecule has 30 heavy (non-hydrogen) atoms. The highest BCUT2D eigenvalue weighted by Crippen LogP contribution is 2.52. The van der Waals surface area contributed by atoms with E-state index in [4.69, 9.17) is 0 Å². The molecule has 1 nitrogen and oxygen atoms in total. The van der Waals surface area contributed by atoms with E-state index in [-0.39, 0.29) is 5.78 Å². The standard InChI is InChI=1S/C25H14OS4/c26-23(15-7-5-13-21-24(15)29-19-11-3-1-9-17(19)27-21)16-8-6-14-22-25(16)30-20-12-4-2-10-18(20)28-22/h1-14H. The summed E-state index contributed by atoms with van der Waals surface area (Å²) in [5.41, 5.74) is 1.58. The van der Waals surface area contributed by atoms with E-state index in [0.717, 1.165) is 30.7 Å². The highest BCUT2D eigenvalue weighted by molar-refractivity contribution is 8.05. The number of fused-ring (bicyclic) bond motifs is 4. The van der Waals surface area contributed by atoms with Gasteiger partial charge in [-0.2, -0.15) is 0 Å². The summed E-state index contributed by atoms with van der Waals surface area (Å²) in [6.07, 6.45) is 0. The Labute approximate surface area is 192 Å². The van der Waals surface area contributed by atoms with E-state index in [1.165, 1.54) is 19.6 Å². The molecule has 0 aromatic heterocycles. The van der Waals surface area contributed by atoms with Gasteiger partial charge in [-0.3, -0.25) is 4.79 Å². The zero-order chi connectivity index (χ0) is 20.1. The SMILES string of the molecule is O=C(c1cccc2c1Sc1ccccc1S2)c1cccc2c1Sc1ccccc1S2. The first-order chi connectivity index (χ1) is 14.8. The Balaban J connectivity index is 1.43. The van der Waals surface area contributed by atoms with Gasteiger partial charge >= 0.3 is 0 Å². The van der Waals surface area contributed by atoms with E-state index in [0.29, 0.717) is 0 Å². The van der Waals surface area contributed by atoms with Gasteiger partial charge in [0.05, 0.1) is 0 Å². The molecule has 0 fully saturated rings.